The van der Waals surface area contributed by atoms with Gasteiger partial charge in [-0.25, -0.2) is 4.39 Å². The van der Waals surface area contributed by atoms with Gasteiger partial charge >= 0.3 is 0 Å². The zero-order valence-corrected chi connectivity index (χ0v) is 19.0. The van der Waals surface area contributed by atoms with Gasteiger partial charge in [-0.3, -0.25) is 9.79 Å². The van der Waals surface area contributed by atoms with Crippen molar-refractivity contribution in [3.8, 4) is 5.75 Å². The van der Waals surface area contributed by atoms with Crippen molar-refractivity contribution in [2.45, 2.75) is 45.1 Å². The lowest BCUT2D eigenvalue weighted by atomic mass is 9.89. The van der Waals surface area contributed by atoms with Crippen LogP contribution in [0, 0.1) is 11.7 Å². The van der Waals surface area contributed by atoms with Crippen LogP contribution in [0.25, 0.3) is 0 Å². The lowest BCUT2D eigenvalue weighted by Gasteiger charge is -2.21. The fourth-order valence-corrected chi connectivity index (χ4v) is 3.12. The van der Waals surface area contributed by atoms with E-state index in [0.29, 0.717) is 31.3 Å². The molecule has 1 saturated carbocycles. The van der Waals surface area contributed by atoms with E-state index in [9.17, 15) is 9.18 Å². The molecule has 1 aliphatic carbocycles. The summed E-state index contributed by atoms with van der Waals surface area (Å²) in [5.41, 5.74) is 0. The number of aliphatic imine (C=N–C) groups is 1. The predicted molar refractivity (Wildman–Crippen MR) is 121 cm³/mol. The Balaban J connectivity index is 0.00000392. The summed E-state index contributed by atoms with van der Waals surface area (Å²) in [6.07, 6.45) is 5.47. The normalized spacial score (nSPS) is 15.9. The minimum atomic E-state index is -0.284. The van der Waals surface area contributed by atoms with E-state index < -0.39 is 0 Å². The average Bonchev–Trinajstić information content (AvgIpc) is 2.69. The Kier molecular flexibility index (Phi) is 11.9. The van der Waals surface area contributed by atoms with Crippen molar-refractivity contribution in [2.75, 3.05) is 26.7 Å². The molecule has 3 N–H and O–H groups in total. The molecule has 0 radical (unpaired) electrons. The topological polar surface area (TPSA) is 74.8 Å². The van der Waals surface area contributed by atoms with Crippen molar-refractivity contribution >= 4 is 35.8 Å². The summed E-state index contributed by atoms with van der Waals surface area (Å²) in [6, 6.07) is 5.96. The van der Waals surface area contributed by atoms with Crippen molar-refractivity contribution in [3.63, 3.8) is 0 Å². The van der Waals surface area contributed by atoms with Gasteiger partial charge in [0.2, 0.25) is 5.91 Å². The first-order valence-corrected chi connectivity index (χ1v) is 9.73. The molecular formula is C20H32FIN4O2. The molecule has 0 aromatic heterocycles. The van der Waals surface area contributed by atoms with Crippen molar-refractivity contribution in [2.24, 2.45) is 10.9 Å². The third-order valence-electron chi connectivity index (χ3n) is 4.62. The Morgan fingerprint density at radius 1 is 1.14 bits per heavy atom. The van der Waals surface area contributed by atoms with Gasteiger partial charge in [-0.2, -0.15) is 0 Å². The third-order valence-corrected chi connectivity index (χ3v) is 4.62. The van der Waals surface area contributed by atoms with E-state index >= 15 is 0 Å². The lowest BCUT2D eigenvalue weighted by molar-refractivity contribution is -0.125. The first-order chi connectivity index (χ1) is 13.1. The second-order valence-electron chi connectivity index (χ2n) is 6.89. The molecule has 1 aromatic rings. The molecule has 1 aliphatic rings. The number of guanidine groups is 1. The number of carbonyl (C=O) groups is 1. The van der Waals surface area contributed by atoms with Gasteiger partial charge in [-0.05, 0) is 44.0 Å². The minimum Gasteiger partial charge on any atom is -0.489 e. The second-order valence-corrected chi connectivity index (χ2v) is 6.89. The van der Waals surface area contributed by atoms with Gasteiger partial charge in [-0.15, -0.1) is 24.0 Å². The summed E-state index contributed by atoms with van der Waals surface area (Å²) < 4.78 is 18.6. The maximum absolute atomic E-state index is 12.9. The fraction of sp³-hybridized carbons (Fsp3) is 0.600. The van der Waals surface area contributed by atoms with E-state index in [1.807, 2.05) is 6.92 Å². The number of nitrogens with zero attached hydrogens (tertiary/aromatic N) is 1. The number of amides is 1. The second kappa shape index (κ2) is 13.6. The molecule has 0 bridgehead atoms. The number of halogens is 2. The molecule has 28 heavy (non-hydrogen) atoms. The van der Waals surface area contributed by atoms with Crippen LogP contribution in [0.15, 0.2) is 29.3 Å². The van der Waals surface area contributed by atoms with E-state index in [0.717, 1.165) is 25.7 Å². The van der Waals surface area contributed by atoms with Crippen LogP contribution in [0.1, 0.15) is 39.0 Å². The summed E-state index contributed by atoms with van der Waals surface area (Å²) in [5.74, 6) is 1.34. The molecule has 1 atom stereocenters. The molecule has 0 heterocycles. The van der Waals surface area contributed by atoms with Crippen LogP contribution in [-0.2, 0) is 4.79 Å². The predicted octanol–water partition coefficient (Wildman–Crippen LogP) is 3.07. The van der Waals surface area contributed by atoms with Crippen LogP contribution in [0.4, 0.5) is 4.39 Å². The van der Waals surface area contributed by atoms with Gasteiger partial charge in [0.15, 0.2) is 5.96 Å². The van der Waals surface area contributed by atoms with E-state index in [1.165, 1.54) is 18.6 Å². The van der Waals surface area contributed by atoms with Crippen molar-refractivity contribution in [3.05, 3.63) is 30.1 Å². The summed E-state index contributed by atoms with van der Waals surface area (Å²) in [7, 11) is 1.70. The van der Waals surface area contributed by atoms with E-state index in [4.69, 9.17) is 4.74 Å². The highest BCUT2D eigenvalue weighted by Crippen LogP contribution is 2.23. The molecule has 0 aliphatic heterocycles. The van der Waals surface area contributed by atoms with Crippen molar-refractivity contribution in [1.82, 2.24) is 16.0 Å². The largest absolute Gasteiger partial charge is 0.489 e. The Morgan fingerprint density at radius 3 is 2.43 bits per heavy atom. The van der Waals surface area contributed by atoms with E-state index in [1.54, 1.807) is 19.2 Å². The molecule has 6 nitrogen and oxygen atoms in total. The quantitative estimate of drug-likeness (QED) is 0.219. The monoisotopic (exact) mass is 506 g/mol. The molecule has 0 saturated heterocycles. The SMILES string of the molecule is CN=C(NCCNC(=O)C1CCCCC1)NCC(C)Oc1ccc(F)cc1.I. The first-order valence-electron chi connectivity index (χ1n) is 9.73. The number of carbonyl (C=O) groups excluding carboxylic acids is 1. The zero-order chi connectivity index (χ0) is 19.5. The van der Waals surface area contributed by atoms with Crippen molar-refractivity contribution < 1.29 is 13.9 Å². The maximum Gasteiger partial charge on any atom is 0.223 e. The van der Waals surface area contributed by atoms with Crippen LogP contribution in [0.2, 0.25) is 0 Å². The van der Waals surface area contributed by atoms with Gasteiger partial charge in [-0.1, -0.05) is 19.3 Å². The summed E-state index contributed by atoms with van der Waals surface area (Å²) in [4.78, 5) is 16.3. The minimum absolute atomic E-state index is 0. The molecule has 1 unspecified atom stereocenters. The van der Waals surface area contributed by atoms with E-state index in [-0.39, 0.29) is 47.7 Å². The number of benzene rings is 1. The van der Waals surface area contributed by atoms with Gasteiger partial charge < -0.3 is 20.7 Å². The van der Waals surface area contributed by atoms with Crippen LogP contribution in [-0.4, -0.2) is 44.7 Å². The highest BCUT2D eigenvalue weighted by molar-refractivity contribution is 14.0. The van der Waals surface area contributed by atoms with Gasteiger partial charge in [0, 0.05) is 26.1 Å². The Morgan fingerprint density at radius 2 is 1.79 bits per heavy atom. The Hall–Kier alpha value is -1.58. The highest BCUT2D eigenvalue weighted by Gasteiger charge is 2.20. The number of nitrogens with one attached hydrogen (secondary N) is 3. The standard InChI is InChI=1S/C20H31FN4O2.HI/c1-15(27-18-10-8-17(21)9-11-18)14-25-20(22-2)24-13-12-23-19(26)16-6-4-3-5-7-16;/h8-11,15-16H,3-7,12-14H2,1-2H3,(H,23,26)(H2,22,24,25);1H. The van der Waals surface area contributed by atoms with Crippen LogP contribution < -0.4 is 20.7 Å². The summed E-state index contributed by atoms with van der Waals surface area (Å²) in [5, 5.41) is 9.35. The average molecular weight is 506 g/mol. The van der Waals surface area contributed by atoms with Crippen LogP contribution in [0.3, 0.4) is 0 Å². The maximum atomic E-state index is 12.9. The van der Waals surface area contributed by atoms with Crippen LogP contribution in [0.5, 0.6) is 5.75 Å². The van der Waals surface area contributed by atoms with Crippen LogP contribution >= 0.6 is 24.0 Å². The van der Waals surface area contributed by atoms with Gasteiger partial charge in [0.05, 0.1) is 6.54 Å². The Labute approximate surface area is 184 Å². The number of hydrogen-bond acceptors (Lipinski definition) is 3. The third kappa shape index (κ3) is 9.07. The zero-order valence-electron chi connectivity index (χ0n) is 16.7. The molecule has 1 aromatic carbocycles. The highest BCUT2D eigenvalue weighted by atomic mass is 127. The molecule has 8 heteroatoms. The molecule has 0 spiro atoms. The molecule has 1 amide bonds. The molecule has 2 rings (SSSR count). The summed E-state index contributed by atoms with van der Waals surface area (Å²) >= 11 is 0. The molecular weight excluding hydrogens is 474 g/mol. The lowest BCUT2D eigenvalue weighted by Crippen LogP contribution is -2.45. The van der Waals surface area contributed by atoms with Gasteiger partial charge in [0.1, 0.15) is 17.7 Å². The summed E-state index contributed by atoms with van der Waals surface area (Å²) in [6.45, 7) is 3.64. The van der Waals surface area contributed by atoms with Gasteiger partial charge in [0.25, 0.3) is 0 Å². The first kappa shape index (κ1) is 24.5. The molecule has 1 fully saturated rings. The Bertz CT molecular complexity index is 607. The fourth-order valence-electron chi connectivity index (χ4n) is 3.12. The number of ether oxygens (including phenoxy) is 1. The number of hydrogen-bond donors (Lipinski definition) is 3. The smallest absolute Gasteiger partial charge is 0.223 e. The van der Waals surface area contributed by atoms with E-state index in [2.05, 4.69) is 20.9 Å². The van der Waals surface area contributed by atoms with Crippen molar-refractivity contribution in [1.29, 1.82) is 0 Å². The number of rotatable bonds is 8. The molecule has 158 valence electrons.